The first-order chi connectivity index (χ1) is 16.5. The summed E-state index contributed by atoms with van der Waals surface area (Å²) in [5.41, 5.74) is 4.69. The highest BCUT2D eigenvalue weighted by atomic mass is 16.5. The molecule has 0 saturated carbocycles. The second-order valence-electron chi connectivity index (χ2n) is 8.88. The lowest BCUT2D eigenvalue weighted by molar-refractivity contribution is -0.121. The minimum atomic E-state index is 0.0606. The van der Waals surface area contributed by atoms with E-state index in [2.05, 4.69) is 29.0 Å². The third-order valence-corrected chi connectivity index (χ3v) is 6.79. The van der Waals surface area contributed by atoms with E-state index in [9.17, 15) is 4.79 Å². The number of likely N-dealkylation sites (N-methyl/N-ethyl adjacent to an activating group) is 1. The lowest BCUT2D eigenvalue weighted by Crippen LogP contribution is -2.48. The Kier molecular flexibility index (Phi) is 7.80. The summed E-state index contributed by atoms with van der Waals surface area (Å²) >= 11 is 0. The molecule has 4 rings (SSSR count). The van der Waals surface area contributed by atoms with E-state index in [0.29, 0.717) is 25.3 Å². The van der Waals surface area contributed by atoms with Gasteiger partial charge < -0.3 is 15.0 Å². The molecule has 34 heavy (non-hydrogen) atoms. The zero-order chi connectivity index (χ0) is 24.1. The minimum Gasteiger partial charge on any atom is -0.481 e. The van der Waals surface area contributed by atoms with Crippen LogP contribution in [0.25, 0.3) is 16.7 Å². The average molecular weight is 465 g/mol. The quantitative estimate of drug-likeness (QED) is 0.525. The molecular weight excluding hydrogens is 428 g/mol. The summed E-state index contributed by atoms with van der Waals surface area (Å²) in [6.45, 7) is 13.3. The van der Waals surface area contributed by atoms with Gasteiger partial charge in [0.05, 0.1) is 18.5 Å². The number of carbonyl (C=O) groups is 1. The summed E-state index contributed by atoms with van der Waals surface area (Å²) < 4.78 is 7.51. The zero-order valence-electron chi connectivity index (χ0n) is 20.8. The average Bonchev–Trinajstić information content (AvgIpc) is 3.20. The Balaban J connectivity index is 1.41. The maximum atomic E-state index is 12.6. The van der Waals surface area contributed by atoms with Crippen LogP contribution in [0.3, 0.4) is 0 Å². The molecule has 3 heterocycles. The van der Waals surface area contributed by atoms with Gasteiger partial charge in [-0.05, 0) is 44.5 Å². The molecule has 182 valence electrons. The Labute approximate surface area is 201 Å². The number of aromatic nitrogens is 3. The van der Waals surface area contributed by atoms with Crippen LogP contribution in [0.4, 0.5) is 0 Å². The van der Waals surface area contributed by atoms with Crippen molar-refractivity contribution in [2.75, 3.05) is 52.9 Å². The largest absolute Gasteiger partial charge is 0.481 e. The first-order valence-corrected chi connectivity index (χ1v) is 12.2. The molecule has 1 aromatic carbocycles. The second kappa shape index (κ2) is 11.0. The normalized spacial score (nSPS) is 15.1. The molecule has 1 aliphatic heterocycles. The minimum absolute atomic E-state index is 0.0606. The molecule has 8 nitrogen and oxygen atoms in total. The number of carbonyl (C=O) groups excluding carboxylic acids is 1. The number of amides is 1. The standard InChI is InChI=1S/C26H36N6O2/c1-5-30-15-17-31(18-16-30)14-13-27-23(33)12-11-22-19(2)24-20(3)29-32(21-9-7-6-8-10-21)25(24)28-26(22)34-4/h6-10H,5,11-18H2,1-4H3,(H,27,33). The molecule has 3 aromatic rings. The molecule has 0 bridgehead atoms. The van der Waals surface area contributed by atoms with Gasteiger partial charge in [-0.1, -0.05) is 25.1 Å². The Morgan fingerprint density at radius 1 is 1.09 bits per heavy atom. The zero-order valence-corrected chi connectivity index (χ0v) is 20.8. The topological polar surface area (TPSA) is 75.5 Å². The number of pyridine rings is 1. The van der Waals surface area contributed by atoms with Gasteiger partial charge in [0.1, 0.15) is 0 Å². The van der Waals surface area contributed by atoms with Crippen molar-refractivity contribution >= 4 is 16.9 Å². The van der Waals surface area contributed by atoms with Crippen LogP contribution in [0.5, 0.6) is 5.88 Å². The van der Waals surface area contributed by atoms with E-state index in [1.807, 2.05) is 41.9 Å². The Morgan fingerprint density at radius 2 is 1.79 bits per heavy atom. The summed E-state index contributed by atoms with van der Waals surface area (Å²) in [6, 6.07) is 9.98. The smallest absolute Gasteiger partial charge is 0.220 e. The number of rotatable bonds is 9. The van der Waals surface area contributed by atoms with Crippen molar-refractivity contribution in [3.05, 3.63) is 47.2 Å². The van der Waals surface area contributed by atoms with Gasteiger partial charge in [0, 0.05) is 56.6 Å². The van der Waals surface area contributed by atoms with Crippen LogP contribution in [0.1, 0.15) is 30.2 Å². The molecular formula is C26H36N6O2. The number of piperazine rings is 1. The summed E-state index contributed by atoms with van der Waals surface area (Å²) in [7, 11) is 1.63. The van der Waals surface area contributed by atoms with Crippen LogP contribution in [-0.2, 0) is 11.2 Å². The van der Waals surface area contributed by atoms with E-state index < -0.39 is 0 Å². The van der Waals surface area contributed by atoms with Crippen molar-refractivity contribution in [3.8, 4) is 11.6 Å². The van der Waals surface area contributed by atoms with E-state index in [1.165, 1.54) is 0 Å². The molecule has 0 spiro atoms. The fraction of sp³-hybridized carbons (Fsp3) is 0.500. The predicted octanol–water partition coefficient (Wildman–Crippen LogP) is 2.73. The van der Waals surface area contributed by atoms with Gasteiger partial charge >= 0.3 is 0 Å². The summed E-state index contributed by atoms with van der Waals surface area (Å²) in [5, 5.41) is 8.84. The lowest BCUT2D eigenvalue weighted by Gasteiger charge is -2.33. The van der Waals surface area contributed by atoms with Gasteiger partial charge in [-0.25, -0.2) is 4.68 Å². The monoisotopic (exact) mass is 464 g/mol. The van der Waals surface area contributed by atoms with Crippen LogP contribution in [-0.4, -0.2) is 83.4 Å². The number of aryl methyl sites for hydroxylation is 2. The van der Waals surface area contributed by atoms with E-state index in [1.54, 1.807) is 7.11 Å². The summed E-state index contributed by atoms with van der Waals surface area (Å²) in [6.07, 6.45) is 0.981. The third-order valence-electron chi connectivity index (χ3n) is 6.79. The molecule has 0 radical (unpaired) electrons. The molecule has 1 N–H and O–H groups in total. The van der Waals surface area contributed by atoms with E-state index in [4.69, 9.17) is 14.8 Å². The molecule has 0 unspecified atom stereocenters. The number of hydrogen-bond acceptors (Lipinski definition) is 6. The highest BCUT2D eigenvalue weighted by molar-refractivity contribution is 5.85. The number of hydrogen-bond donors (Lipinski definition) is 1. The molecule has 0 aliphatic carbocycles. The number of benzene rings is 1. The van der Waals surface area contributed by atoms with Crippen molar-refractivity contribution in [3.63, 3.8) is 0 Å². The molecule has 1 saturated heterocycles. The highest BCUT2D eigenvalue weighted by Gasteiger charge is 2.20. The SMILES string of the molecule is CCN1CCN(CCNC(=O)CCc2c(OC)nc3c(c(C)nn3-c3ccccc3)c2C)CC1. The van der Waals surface area contributed by atoms with Gasteiger partial charge in [0.15, 0.2) is 5.65 Å². The number of para-hydroxylation sites is 1. The first-order valence-electron chi connectivity index (χ1n) is 12.2. The predicted molar refractivity (Wildman–Crippen MR) is 135 cm³/mol. The van der Waals surface area contributed by atoms with Crippen molar-refractivity contribution in [2.45, 2.75) is 33.6 Å². The molecule has 1 amide bonds. The van der Waals surface area contributed by atoms with Crippen LogP contribution in [0, 0.1) is 13.8 Å². The number of nitrogens with one attached hydrogen (secondary N) is 1. The van der Waals surface area contributed by atoms with E-state index >= 15 is 0 Å². The van der Waals surface area contributed by atoms with Gasteiger partial charge in [-0.2, -0.15) is 10.1 Å². The molecule has 0 atom stereocenters. The number of nitrogens with zero attached hydrogens (tertiary/aromatic N) is 5. The fourth-order valence-corrected chi connectivity index (χ4v) is 4.75. The van der Waals surface area contributed by atoms with Crippen molar-refractivity contribution in [2.24, 2.45) is 0 Å². The van der Waals surface area contributed by atoms with Crippen LogP contribution < -0.4 is 10.1 Å². The molecule has 8 heteroatoms. The van der Waals surface area contributed by atoms with Crippen molar-refractivity contribution in [1.29, 1.82) is 0 Å². The molecule has 2 aromatic heterocycles. The lowest BCUT2D eigenvalue weighted by atomic mass is 10.0. The fourth-order valence-electron chi connectivity index (χ4n) is 4.75. The molecule has 1 aliphatic rings. The third kappa shape index (κ3) is 5.23. The number of ether oxygens (including phenoxy) is 1. The van der Waals surface area contributed by atoms with Crippen LogP contribution in [0.2, 0.25) is 0 Å². The van der Waals surface area contributed by atoms with Crippen molar-refractivity contribution in [1.82, 2.24) is 29.9 Å². The molecule has 1 fully saturated rings. The first kappa shape index (κ1) is 24.2. The highest BCUT2D eigenvalue weighted by Crippen LogP contribution is 2.31. The van der Waals surface area contributed by atoms with E-state index in [0.717, 1.165) is 72.8 Å². The van der Waals surface area contributed by atoms with Crippen LogP contribution >= 0.6 is 0 Å². The second-order valence-corrected chi connectivity index (χ2v) is 8.88. The van der Waals surface area contributed by atoms with Gasteiger partial charge in [0.25, 0.3) is 0 Å². The maximum absolute atomic E-state index is 12.6. The number of fused-ring (bicyclic) bond motifs is 1. The Bertz CT molecular complexity index is 1120. The van der Waals surface area contributed by atoms with Gasteiger partial charge in [-0.15, -0.1) is 0 Å². The van der Waals surface area contributed by atoms with Gasteiger partial charge in [0.2, 0.25) is 11.8 Å². The number of methoxy groups -OCH3 is 1. The Hall–Kier alpha value is -2.97. The summed E-state index contributed by atoms with van der Waals surface area (Å²) in [5.74, 6) is 0.620. The summed E-state index contributed by atoms with van der Waals surface area (Å²) in [4.78, 5) is 22.3. The Morgan fingerprint density at radius 3 is 2.47 bits per heavy atom. The van der Waals surface area contributed by atoms with E-state index in [-0.39, 0.29) is 5.91 Å². The van der Waals surface area contributed by atoms with Gasteiger partial charge in [-0.3, -0.25) is 9.69 Å². The van der Waals surface area contributed by atoms with Crippen LogP contribution in [0.15, 0.2) is 30.3 Å². The maximum Gasteiger partial charge on any atom is 0.220 e. The van der Waals surface area contributed by atoms with Crippen molar-refractivity contribution < 1.29 is 9.53 Å².